The molecule has 0 aliphatic carbocycles. The minimum absolute atomic E-state index is 0.0145. The summed E-state index contributed by atoms with van der Waals surface area (Å²) in [7, 11) is 0. The van der Waals surface area contributed by atoms with Crippen LogP contribution in [0.5, 0.6) is 0 Å². The number of hydrogen-bond acceptors (Lipinski definition) is 2. The molecule has 3 aromatic rings. The zero-order valence-corrected chi connectivity index (χ0v) is 12.1. The number of anilines is 1. The second kappa shape index (κ2) is 4.81. The van der Waals surface area contributed by atoms with Crippen molar-refractivity contribution in [2.24, 2.45) is 0 Å². The minimum Gasteiger partial charge on any atom is -0.369 e. The average molecular weight is 331 g/mol. The van der Waals surface area contributed by atoms with E-state index in [4.69, 9.17) is 40.5 Å². The molecule has 7 heteroatoms. The Bertz CT molecular complexity index is 829. The lowest BCUT2D eigenvalue weighted by Gasteiger charge is -2.09. The number of nitrogens with zero attached hydrogens (tertiary/aromatic N) is 2. The largest absolute Gasteiger partial charge is 0.369 e. The Morgan fingerprint density at radius 2 is 1.80 bits per heavy atom. The number of nitrogens with two attached hydrogens (primary N) is 1. The van der Waals surface area contributed by atoms with E-state index in [1.165, 1.54) is 16.7 Å². The quantitative estimate of drug-likeness (QED) is 0.702. The van der Waals surface area contributed by atoms with Gasteiger partial charge in [-0.1, -0.05) is 34.8 Å². The lowest BCUT2D eigenvalue weighted by Crippen LogP contribution is -2.01. The molecule has 0 spiro atoms. The average Bonchev–Trinajstić information content (AvgIpc) is 2.69. The maximum Gasteiger partial charge on any atom is 0.205 e. The van der Waals surface area contributed by atoms with Crippen LogP contribution in [0.4, 0.5) is 10.3 Å². The highest BCUT2D eigenvalue weighted by Gasteiger charge is 2.15. The molecule has 0 amide bonds. The third-order valence-electron chi connectivity index (χ3n) is 2.87. The fourth-order valence-corrected chi connectivity index (χ4v) is 2.53. The molecule has 0 aliphatic heterocycles. The smallest absolute Gasteiger partial charge is 0.205 e. The number of imidazole rings is 1. The normalized spacial score (nSPS) is 11.2. The molecule has 0 fully saturated rings. The number of halogens is 4. The predicted molar refractivity (Wildman–Crippen MR) is 80.5 cm³/mol. The van der Waals surface area contributed by atoms with Crippen LogP contribution in [-0.2, 0) is 0 Å². The Hall–Kier alpha value is -1.49. The van der Waals surface area contributed by atoms with E-state index < -0.39 is 5.82 Å². The van der Waals surface area contributed by atoms with Crippen LogP contribution < -0.4 is 5.73 Å². The molecule has 102 valence electrons. The lowest BCUT2D eigenvalue weighted by molar-refractivity contribution is 0.629. The van der Waals surface area contributed by atoms with E-state index in [2.05, 4.69) is 4.98 Å². The first kappa shape index (κ1) is 13.5. The van der Waals surface area contributed by atoms with Crippen LogP contribution in [-0.4, -0.2) is 9.55 Å². The molecule has 0 saturated heterocycles. The summed E-state index contributed by atoms with van der Waals surface area (Å²) < 4.78 is 15.2. The second-order valence-electron chi connectivity index (χ2n) is 4.16. The summed E-state index contributed by atoms with van der Waals surface area (Å²) in [6.07, 6.45) is 0. The van der Waals surface area contributed by atoms with Gasteiger partial charge in [-0.25, -0.2) is 9.37 Å². The summed E-state index contributed by atoms with van der Waals surface area (Å²) in [5, 5.41) is 0.898. The molecule has 3 nitrogen and oxygen atoms in total. The Labute approximate surface area is 128 Å². The van der Waals surface area contributed by atoms with Gasteiger partial charge in [0.1, 0.15) is 5.82 Å². The Morgan fingerprint density at radius 3 is 2.55 bits per heavy atom. The fraction of sp³-hybridized carbons (Fsp3) is 0. The highest BCUT2D eigenvalue weighted by Crippen LogP contribution is 2.32. The van der Waals surface area contributed by atoms with Gasteiger partial charge in [-0.3, -0.25) is 4.57 Å². The van der Waals surface area contributed by atoms with Gasteiger partial charge in [0.05, 0.1) is 26.8 Å². The number of hydrogen-bond donors (Lipinski definition) is 1. The molecule has 0 atom stereocenters. The molecule has 0 bridgehead atoms. The van der Waals surface area contributed by atoms with Crippen molar-refractivity contribution in [1.29, 1.82) is 0 Å². The van der Waals surface area contributed by atoms with Crippen LogP contribution in [0, 0.1) is 5.82 Å². The minimum atomic E-state index is -0.557. The maximum absolute atomic E-state index is 13.7. The third kappa shape index (κ3) is 2.10. The Morgan fingerprint density at radius 1 is 1.05 bits per heavy atom. The molecular formula is C13H7Cl3FN3. The topological polar surface area (TPSA) is 43.8 Å². The highest BCUT2D eigenvalue weighted by atomic mass is 35.5. The summed E-state index contributed by atoms with van der Waals surface area (Å²) in [6, 6.07) is 7.60. The molecule has 2 N–H and O–H groups in total. The first-order valence-electron chi connectivity index (χ1n) is 5.56. The molecule has 0 radical (unpaired) electrons. The van der Waals surface area contributed by atoms with Crippen LogP contribution in [0.25, 0.3) is 16.7 Å². The van der Waals surface area contributed by atoms with Crippen molar-refractivity contribution in [2.45, 2.75) is 0 Å². The van der Waals surface area contributed by atoms with E-state index in [1.54, 1.807) is 18.2 Å². The number of aromatic nitrogens is 2. The first-order valence-corrected chi connectivity index (χ1v) is 6.69. The SMILES string of the molecule is Nc1nc2cc(Cl)c(F)cc2n1-c1cc(Cl)ccc1Cl. The molecule has 0 aliphatic rings. The van der Waals surface area contributed by atoms with Gasteiger partial charge in [0.2, 0.25) is 5.95 Å². The van der Waals surface area contributed by atoms with Crippen LogP contribution in [0.15, 0.2) is 30.3 Å². The number of benzene rings is 2. The van der Waals surface area contributed by atoms with Crippen molar-refractivity contribution >= 4 is 51.8 Å². The van der Waals surface area contributed by atoms with Crippen molar-refractivity contribution in [3.05, 3.63) is 51.2 Å². The molecule has 3 rings (SSSR count). The van der Waals surface area contributed by atoms with E-state index in [0.29, 0.717) is 26.8 Å². The van der Waals surface area contributed by atoms with Gasteiger partial charge in [-0.2, -0.15) is 0 Å². The standard InChI is InChI=1S/C13H7Cl3FN3/c14-6-1-2-7(15)11(3-6)20-12-5-9(17)8(16)4-10(12)19-13(20)18/h1-5H,(H2,18,19). The molecule has 1 heterocycles. The monoisotopic (exact) mass is 329 g/mol. The fourth-order valence-electron chi connectivity index (χ4n) is 2.00. The van der Waals surface area contributed by atoms with Gasteiger partial charge < -0.3 is 5.73 Å². The summed E-state index contributed by atoms with van der Waals surface area (Å²) in [4.78, 5) is 4.15. The molecule has 2 aromatic carbocycles. The number of rotatable bonds is 1. The van der Waals surface area contributed by atoms with Gasteiger partial charge in [-0.15, -0.1) is 0 Å². The van der Waals surface area contributed by atoms with Crippen LogP contribution in [0.1, 0.15) is 0 Å². The second-order valence-corrected chi connectivity index (χ2v) is 5.41. The summed E-state index contributed by atoms with van der Waals surface area (Å²) >= 11 is 17.9. The maximum atomic E-state index is 13.7. The zero-order valence-electron chi connectivity index (χ0n) is 9.87. The van der Waals surface area contributed by atoms with Crippen molar-refractivity contribution in [2.75, 3.05) is 5.73 Å². The molecule has 1 aromatic heterocycles. The van der Waals surface area contributed by atoms with E-state index in [-0.39, 0.29) is 11.0 Å². The van der Waals surface area contributed by atoms with E-state index in [1.807, 2.05) is 0 Å². The zero-order chi connectivity index (χ0) is 14.4. The molecular weight excluding hydrogens is 324 g/mol. The molecule has 0 saturated carbocycles. The van der Waals surface area contributed by atoms with Gasteiger partial charge in [0.15, 0.2) is 0 Å². The van der Waals surface area contributed by atoms with E-state index in [0.717, 1.165) is 0 Å². The lowest BCUT2D eigenvalue weighted by atomic mass is 10.2. The summed E-state index contributed by atoms with van der Waals surface area (Å²) in [5.74, 6) is -0.385. The van der Waals surface area contributed by atoms with Crippen LogP contribution in [0.2, 0.25) is 15.1 Å². The summed E-state index contributed by atoms with van der Waals surface area (Å²) in [6.45, 7) is 0. The van der Waals surface area contributed by atoms with Crippen molar-refractivity contribution in [3.63, 3.8) is 0 Å². The Balaban J connectivity index is 2.38. The van der Waals surface area contributed by atoms with Gasteiger partial charge in [0, 0.05) is 11.1 Å². The van der Waals surface area contributed by atoms with E-state index >= 15 is 0 Å². The van der Waals surface area contributed by atoms with Gasteiger partial charge in [0.25, 0.3) is 0 Å². The van der Waals surface area contributed by atoms with Gasteiger partial charge >= 0.3 is 0 Å². The summed E-state index contributed by atoms with van der Waals surface area (Å²) in [5.41, 5.74) is 7.36. The van der Waals surface area contributed by atoms with Gasteiger partial charge in [-0.05, 0) is 24.3 Å². The van der Waals surface area contributed by atoms with Crippen molar-refractivity contribution in [3.8, 4) is 5.69 Å². The third-order valence-corrected chi connectivity index (χ3v) is 3.72. The number of nitrogen functional groups attached to an aromatic ring is 1. The Kier molecular flexibility index (Phi) is 3.24. The van der Waals surface area contributed by atoms with E-state index in [9.17, 15) is 4.39 Å². The molecule has 0 unspecified atom stereocenters. The van der Waals surface area contributed by atoms with Crippen molar-refractivity contribution in [1.82, 2.24) is 9.55 Å². The molecule has 20 heavy (non-hydrogen) atoms. The van der Waals surface area contributed by atoms with Crippen molar-refractivity contribution < 1.29 is 4.39 Å². The highest BCUT2D eigenvalue weighted by molar-refractivity contribution is 6.34. The number of fused-ring (bicyclic) bond motifs is 1. The van der Waals surface area contributed by atoms with Crippen LogP contribution in [0.3, 0.4) is 0 Å². The predicted octanol–water partition coefficient (Wildman–Crippen LogP) is 4.71. The first-order chi connectivity index (χ1) is 9.47. The van der Waals surface area contributed by atoms with Crippen LogP contribution >= 0.6 is 34.8 Å².